The first kappa shape index (κ1) is 19.0. The lowest BCUT2D eigenvalue weighted by atomic mass is 10.2. The van der Waals surface area contributed by atoms with Gasteiger partial charge in [-0.1, -0.05) is 12.1 Å². The molecule has 0 aromatic carbocycles. The maximum absolute atomic E-state index is 11.8. The highest BCUT2D eigenvalue weighted by atomic mass is 16.2. The molecule has 150 valence electrons. The zero-order valence-corrected chi connectivity index (χ0v) is 15.6. The molecule has 10 nitrogen and oxygen atoms in total. The van der Waals surface area contributed by atoms with Gasteiger partial charge in [-0.05, 0) is 23.3 Å². The molecule has 10 heteroatoms. The highest BCUT2D eigenvalue weighted by Crippen LogP contribution is 2.15. The molecular formula is C20H16N6O4. The van der Waals surface area contributed by atoms with Crippen molar-refractivity contribution in [1.29, 1.82) is 0 Å². The average Bonchev–Trinajstić information content (AvgIpc) is 2.73. The van der Waals surface area contributed by atoms with Gasteiger partial charge in [-0.2, -0.15) is 0 Å². The van der Waals surface area contributed by atoms with Crippen molar-refractivity contribution in [2.24, 2.45) is 0 Å². The summed E-state index contributed by atoms with van der Waals surface area (Å²) in [4.78, 5) is 59.0. The Morgan fingerprint density at radius 1 is 0.633 bits per heavy atom. The Bertz CT molecular complexity index is 1300. The van der Waals surface area contributed by atoms with Crippen LogP contribution in [-0.2, 0) is 13.1 Å². The fourth-order valence-corrected chi connectivity index (χ4v) is 2.87. The standard InChI is InChI=1S/C20H16N6O4/c27-17-5-7-25(19(29)23-17)11-13-1-3-15(21-9-13)16-4-2-14(10-22-16)12-26-8-6-18(28)24-20(26)30/h1-10H,11-12H2,(H,23,27,29)(H,24,28,30). The van der Waals surface area contributed by atoms with E-state index in [0.29, 0.717) is 11.4 Å². The molecule has 0 radical (unpaired) electrons. The normalized spacial score (nSPS) is 10.8. The van der Waals surface area contributed by atoms with Crippen LogP contribution in [0.5, 0.6) is 0 Å². The number of aromatic amines is 2. The van der Waals surface area contributed by atoms with Crippen LogP contribution < -0.4 is 22.5 Å². The van der Waals surface area contributed by atoms with Crippen molar-refractivity contribution >= 4 is 0 Å². The topological polar surface area (TPSA) is 136 Å². The van der Waals surface area contributed by atoms with E-state index < -0.39 is 22.5 Å². The van der Waals surface area contributed by atoms with Gasteiger partial charge in [0, 0.05) is 36.9 Å². The Morgan fingerprint density at radius 2 is 1.07 bits per heavy atom. The number of pyridine rings is 2. The zero-order valence-electron chi connectivity index (χ0n) is 15.6. The number of nitrogens with zero attached hydrogens (tertiary/aromatic N) is 4. The second-order valence-electron chi connectivity index (χ2n) is 6.58. The van der Waals surface area contributed by atoms with E-state index >= 15 is 0 Å². The van der Waals surface area contributed by atoms with E-state index in [-0.39, 0.29) is 13.1 Å². The van der Waals surface area contributed by atoms with E-state index in [4.69, 9.17) is 0 Å². The van der Waals surface area contributed by atoms with Crippen LogP contribution in [0.25, 0.3) is 11.4 Å². The van der Waals surface area contributed by atoms with Gasteiger partial charge in [0.2, 0.25) is 0 Å². The molecule has 0 amide bonds. The second kappa shape index (κ2) is 7.95. The molecule has 4 aromatic rings. The second-order valence-corrected chi connectivity index (χ2v) is 6.58. The molecule has 0 atom stereocenters. The van der Waals surface area contributed by atoms with Crippen molar-refractivity contribution in [3.63, 3.8) is 0 Å². The van der Waals surface area contributed by atoms with Crippen LogP contribution in [0.2, 0.25) is 0 Å². The van der Waals surface area contributed by atoms with E-state index in [9.17, 15) is 19.2 Å². The molecule has 30 heavy (non-hydrogen) atoms. The monoisotopic (exact) mass is 404 g/mol. The third-order valence-corrected chi connectivity index (χ3v) is 4.41. The summed E-state index contributed by atoms with van der Waals surface area (Å²) in [6, 6.07) is 9.82. The molecule has 0 unspecified atom stereocenters. The Hall–Kier alpha value is -4.34. The lowest BCUT2D eigenvalue weighted by Crippen LogP contribution is -2.28. The molecule has 0 spiro atoms. The molecule has 0 aliphatic rings. The summed E-state index contributed by atoms with van der Waals surface area (Å²) in [7, 11) is 0. The first-order valence-corrected chi connectivity index (χ1v) is 8.98. The number of hydrogen-bond donors (Lipinski definition) is 2. The Kier molecular flexibility index (Phi) is 5.04. The fourth-order valence-electron chi connectivity index (χ4n) is 2.87. The minimum atomic E-state index is -0.481. The van der Waals surface area contributed by atoms with Gasteiger partial charge in [0.15, 0.2) is 0 Å². The molecule has 4 rings (SSSR count). The molecule has 4 aromatic heterocycles. The van der Waals surface area contributed by atoms with Crippen LogP contribution in [0.15, 0.2) is 80.4 Å². The Labute approximate surface area is 168 Å². The van der Waals surface area contributed by atoms with Crippen LogP contribution >= 0.6 is 0 Å². The predicted molar refractivity (Wildman–Crippen MR) is 108 cm³/mol. The van der Waals surface area contributed by atoms with Crippen molar-refractivity contribution in [3.8, 4) is 11.4 Å². The molecule has 0 saturated carbocycles. The van der Waals surface area contributed by atoms with Gasteiger partial charge in [-0.15, -0.1) is 0 Å². The van der Waals surface area contributed by atoms with Gasteiger partial charge in [0.1, 0.15) is 0 Å². The molecule has 0 aliphatic carbocycles. The minimum Gasteiger partial charge on any atom is -0.296 e. The van der Waals surface area contributed by atoms with Crippen LogP contribution in [0, 0.1) is 0 Å². The molecule has 4 heterocycles. The van der Waals surface area contributed by atoms with Crippen molar-refractivity contribution in [2.75, 3.05) is 0 Å². The quantitative estimate of drug-likeness (QED) is 0.478. The predicted octanol–water partition coefficient (Wildman–Crippen LogP) is -0.0598. The van der Waals surface area contributed by atoms with Crippen LogP contribution in [0.4, 0.5) is 0 Å². The molecular weight excluding hydrogens is 388 g/mol. The molecule has 0 bridgehead atoms. The third-order valence-electron chi connectivity index (χ3n) is 4.41. The van der Waals surface area contributed by atoms with E-state index in [0.717, 1.165) is 11.1 Å². The summed E-state index contributed by atoms with van der Waals surface area (Å²) in [6.45, 7) is 0.562. The Morgan fingerprint density at radius 3 is 1.40 bits per heavy atom. The number of rotatable bonds is 5. The minimum absolute atomic E-state index is 0.281. The molecule has 0 aliphatic heterocycles. The zero-order chi connectivity index (χ0) is 21.1. The number of nitrogens with one attached hydrogen (secondary N) is 2. The van der Waals surface area contributed by atoms with Gasteiger partial charge in [0.25, 0.3) is 11.1 Å². The summed E-state index contributed by atoms with van der Waals surface area (Å²) < 4.78 is 2.76. The van der Waals surface area contributed by atoms with Crippen molar-refractivity contribution in [3.05, 3.63) is 114 Å². The van der Waals surface area contributed by atoms with Crippen molar-refractivity contribution in [2.45, 2.75) is 13.1 Å². The SMILES string of the molecule is O=c1ccn(Cc2ccc(-c3ccc(Cn4ccc(=O)[nH]c4=O)cn3)nc2)c(=O)[nH]1. The van der Waals surface area contributed by atoms with Gasteiger partial charge in [-0.25, -0.2) is 9.59 Å². The maximum Gasteiger partial charge on any atom is 0.328 e. The largest absolute Gasteiger partial charge is 0.328 e. The smallest absolute Gasteiger partial charge is 0.296 e. The first-order valence-electron chi connectivity index (χ1n) is 8.98. The summed E-state index contributed by atoms with van der Waals surface area (Å²) in [6.07, 6.45) is 6.15. The first-order chi connectivity index (χ1) is 14.5. The van der Waals surface area contributed by atoms with Gasteiger partial charge >= 0.3 is 11.4 Å². The number of H-pyrrole nitrogens is 2. The van der Waals surface area contributed by atoms with Gasteiger partial charge < -0.3 is 0 Å². The maximum atomic E-state index is 11.8. The van der Waals surface area contributed by atoms with Crippen LogP contribution in [0.1, 0.15) is 11.1 Å². The highest BCUT2D eigenvalue weighted by Gasteiger charge is 2.05. The van der Waals surface area contributed by atoms with E-state index in [1.165, 1.54) is 33.7 Å². The lowest BCUT2D eigenvalue weighted by Gasteiger charge is -2.07. The van der Waals surface area contributed by atoms with Gasteiger partial charge in [0.05, 0.1) is 24.5 Å². The molecule has 2 N–H and O–H groups in total. The van der Waals surface area contributed by atoms with E-state index in [1.54, 1.807) is 24.5 Å². The Balaban J connectivity index is 1.49. The summed E-state index contributed by atoms with van der Waals surface area (Å²) in [5.41, 5.74) is 1.05. The van der Waals surface area contributed by atoms with Crippen molar-refractivity contribution < 1.29 is 0 Å². The summed E-state index contributed by atoms with van der Waals surface area (Å²) >= 11 is 0. The molecule has 0 fully saturated rings. The fraction of sp³-hybridized carbons (Fsp3) is 0.100. The third kappa shape index (κ3) is 4.22. The van der Waals surface area contributed by atoms with Crippen LogP contribution in [0.3, 0.4) is 0 Å². The van der Waals surface area contributed by atoms with E-state index in [1.807, 2.05) is 12.1 Å². The lowest BCUT2D eigenvalue weighted by molar-refractivity contribution is 0.717. The average molecular weight is 404 g/mol. The van der Waals surface area contributed by atoms with E-state index in [2.05, 4.69) is 19.9 Å². The van der Waals surface area contributed by atoms with Crippen LogP contribution in [-0.4, -0.2) is 29.1 Å². The highest BCUT2D eigenvalue weighted by molar-refractivity contribution is 5.54. The van der Waals surface area contributed by atoms with Gasteiger partial charge in [-0.3, -0.25) is 38.7 Å². The van der Waals surface area contributed by atoms with Crippen molar-refractivity contribution in [1.82, 2.24) is 29.1 Å². The summed E-state index contributed by atoms with van der Waals surface area (Å²) in [5, 5.41) is 0. The number of hydrogen-bond acceptors (Lipinski definition) is 6. The number of aromatic nitrogens is 6. The molecule has 0 saturated heterocycles. The summed E-state index contributed by atoms with van der Waals surface area (Å²) in [5.74, 6) is 0.